The molecule has 2 aromatic rings. The summed E-state index contributed by atoms with van der Waals surface area (Å²) in [7, 11) is 0. The summed E-state index contributed by atoms with van der Waals surface area (Å²) in [5, 5.41) is 2.71. The molecule has 0 radical (unpaired) electrons. The number of fused-ring (bicyclic) bond motifs is 1. The van der Waals surface area contributed by atoms with E-state index >= 15 is 0 Å². The van der Waals surface area contributed by atoms with Gasteiger partial charge in [0, 0.05) is 5.69 Å². The lowest BCUT2D eigenvalue weighted by atomic mass is 10.3. The number of aromatic nitrogens is 1. The van der Waals surface area contributed by atoms with Crippen LogP contribution in [0, 0.1) is 5.92 Å². The smallest absolute Gasteiger partial charge is 0.408 e. The maximum Gasteiger partial charge on any atom is 0.417 e. The molecule has 0 bridgehead atoms. The molecule has 0 atom stereocenters. The fourth-order valence-corrected chi connectivity index (χ4v) is 1.83. The van der Waals surface area contributed by atoms with Crippen LogP contribution in [-0.2, 0) is 9.53 Å². The average Bonchev–Trinajstić information content (AvgIpc) is 3.09. The minimum atomic E-state index is -0.508. The van der Waals surface area contributed by atoms with Crippen LogP contribution < -0.4 is 11.1 Å². The van der Waals surface area contributed by atoms with Crippen molar-refractivity contribution in [2.75, 3.05) is 18.5 Å². The predicted molar refractivity (Wildman–Crippen MR) is 69.0 cm³/mol. The highest BCUT2D eigenvalue weighted by atomic mass is 16.5. The first-order valence-corrected chi connectivity index (χ1v) is 6.21. The Bertz CT molecular complexity index is 654. The average molecular weight is 262 g/mol. The maximum absolute atomic E-state index is 11.6. The molecule has 6 nitrogen and oxygen atoms in total. The minimum absolute atomic E-state index is 0.0520. The molecule has 1 aromatic carbocycles. The van der Waals surface area contributed by atoms with Crippen molar-refractivity contribution in [2.24, 2.45) is 5.92 Å². The van der Waals surface area contributed by atoms with Crippen LogP contribution in [0.2, 0.25) is 0 Å². The van der Waals surface area contributed by atoms with Crippen LogP contribution >= 0.6 is 0 Å². The van der Waals surface area contributed by atoms with Gasteiger partial charge in [0.05, 0.1) is 12.1 Å². The molecule has 0 aliphatic heterocycles. The van der Waals surface area contributed by atoms with Crippen LogP contribution in [0.3, 0.4) is 0 Å². The molecule has 100 valence electrons. The second-order valence-electron chi connectivity index (χ2n) is 4.73. The van der Waals surface area contributed by atoms with Gasteiger partial charge in [-0.1, -0.05) is 0 Å². The summed E-state index contributed by atoms with van der Waals surface area (Å²) in [6, 6.07) is 4.96. The van der Waals surface area contributed by atoms with Crippen molar-refractivity contribution >= 4 is 22.7 Å². The number of hydrogen-bond acceptors (Lipinski definition) is 4. The molecule has 0 unspecified atom stereocenters. The van der Waals surface area contributed by atoms with E-state index in [1.807, 2.05) is 0 Å². The van der Waals surface area contributed by atoms with Gasteiger partial charge >= 0.3 is 5.76 Å². The van der Waals surface area contributed by atoms with Crippen molar-refractivity contribution in [3.63, 3.8) is 0 Å². The number of carbonyl (C=O) groups excluding carboxylic acids is 1. The molecule has 1 heterocycles. The number of carbonyl (C=O) groups is 1. The summed E-state index contributed by atoms with van der Waals surface area (Å²) < 4.78 is 10.2. The zero-order valence-electron chi connectivity index (χ0n) is 10.3. The van der Waals surface area contributed by atoms with Crippen LogP contribution in [0.1, 0.15) is 12.8 Å². The monoisotopic (exact) mass is 262 g/mol. The second kappa shape index (κ2) is 4.89. The number of benzene rings is 1. The Hall–Kier alpha value is -2.08. The SMILES string of the molecule is O=C(COCC1CC1)Nc1ccc2oc(=O)[nH]c2c1. The van der Waals surface area contributed by atoms with Gasteiger partial charge in [0.2, 0.25) is 5.91 Å². The molecule has 2 N–H and O–H groups in total. The Morgan fingerprint density at radius 2 is 2.32 bits per heavy atom. The van der Waals surface area contributed by atoms with E-state index in [0.717, 1.165) is 0 Å². The minimum Gasteiger partial charge on any atom is -0.408 e. The van der Waals surface area contributed by atoms with Gasteiger partial charge in [0.25, 0.3) is 0 Å². The van der Waals surface area contributed by atoms with Crippen molar-refractivity contribution in [1.29, 1.82) is 0 Å². The van der Waals surface area contributed by atoms with Gasteiger partial charge in [-0.15, -0.1) is 0 Å². The van der Waals surface area contributed by atoms with E-state index in [2.05, 4.69) is 10.3 Å². The molecule has 6 heteroatoms. The Morgan fingerprint density at radius 1 is 1.47 bits per heavy atom. The fraction of sp³-hybridized carbons (Fsp3) is 0.385. The molecular formula is C13H14N2O4. The van der Waals surface area contributed by atoms with Crippen molar-refractivity contribution in [2.45, 2.75) is 12.8 Å². The lowest BCUT2D eigenvalue weighted by molar-refractivity contribution is -0.120. The van der Waals surface area contributed by atoms with Crippen LogP contribution in [-0.4, -0.2) is 24.1 Å². The predicted octanol–water partition coefficient (Wildman–Crippen LogP) is 1.49. The Kier molecular flexibility index (Phi) is 3.08. The molecule has 1 aliphatic rings. The third-order valence-corrected chi connectivity index (χ3v) is 2.99. The van der Waals surface area contributed by atoms with Gasteiger partial charge < -0.3 is 14.5 Å². The van der Waals surface area contributed by atoms with Crippen molar-refractivity contribution < 1.29 is 13.9 Å². The number of aromatic amines is 1. The Balaban J connectivity index is 1.59. The number of hydrogen-bond donors (Lipinski definition) is 2. The van der Waals surface area contributed by atoms with E-state index in [9.17, 15) is 9.59 Å². The van der Waals surface area contributed by atoms with Gasteiger partial charge in [0.1, 0.15) is 6.61 Å². The van der Waals surface area contributed by atoms with Gasteiger partial charge in [-0.2, -0.15) is 0 Å². The van der Waals surface area contributed by atoms with E-state index in [4.69, 9.17) is 9.15 Å². The summed E-state index contributed by atoms with van der Waals surface area (Å²) in [5.74, 6) is -0.0720. The van der Waals surface area contributed by atoms with E-state index in [1.54, 1.807) is 18.2 Å². The van der Waals surface area contributed by atoms with Crippen molar-refractivity contribution in [1.82, 2.24) is 4.98 Å². The molecule has 19 heavy (non-hydrogen) atoms. The van der Waals surface area contributed by atoms with Crippen LogP contribution in [0.5, 0.6) is 0 Å². The highest BCUT2D eigenvalue weighted by Crippen LogP contribution is 2.28. The zero-order chi connectivity index (χ0) is 13.2. The lowest BCUT2D eigenvalue weighted by Gasteiger charge is -2.05. The number of H-pyrrole nitrogens is 1. The van der Waals surface area contributed by atoms with Gasteiger partial charge in [-0.25, -0.2) is 4.79 Å². The molecule has 0 spiro atoms. The standard InChI is InChI=1S/C13H14N2O4/c16-12(7-18-6-8-1-2-8)14-9-3-4-11-10(5-9)15-13(17)19-11/h3-5,8H,1-2,6-7H2,(H,14,16)(H,15,17). The topological polar surface area (TPSA) is 84.3 Å². The number of nitrogens with one attached hydrogen (secondary N) is 2. The molecule has 3 rings (SSSR count). The first-order chi connectivity index (χ1) is 9.20. The zero-order valence-corrected chi connectivity index (χ0v) is 10.3. The first kappa shape index (κ1) is 12.0. The van der Waals surface area contributed by atoms with E-state index in [1.165, 1.54) is 12.8 Å². The Labute approximate surface area is 108 Å². The lowest BCUT2D eigenvalue weighted by Crippen LogP contribution is -2.18. The molecule has 1 aliphatic carbocycles. The Morgan fingerprint density at radius 3 is 3.11 bits per heavy atom. The maximum atomic E-state index is 11.6. The first-order valence-electron chi connectivity index (χ1n) is 6.21. The summed E-state index contributed by atoms with van der Waals surface area (Å²) in [6.45, 7) is 0.706. The molecule has 1 fully saturated rings. The van der Waals surface area contributed by atoms with Gasteiger partial charge in [0.15, 0.2) is 5.58 Å². The van der Waals surface area contributed by atoms with Crippen LogP contribution in [0.25, 0.3) is 11.1 Å². The third kappa shape index (κ3) is 3.03. The molecule has 0 saturated heterocycles. The molecule has 1 saturated carbocycles. The van der Waals surface area contributed by atoms with E-state index < -0.39 is 5.76 Å². The van der Waals surface area contributed by atoms with E-state index in [-0.39, 0.29) is 12.5 Å². The summed E-state index contributed by atoms with van der Waals surface area (Å²) >= 11 is 0. The number of amides is 1. The number of rotatable bonds is 5. The number of anilines is 1. The molecule has 1 aromatic heterocycles. The number of oxazole rings is 1. The van der Waals surface area contributed by atoms with Crippen LogP contribution in [0.4, 0.5) is 5.69 Å². The molecule has 1 amide bonds. The summed E-state index contributed by atoms with van der Waals surface area (Å²) in [5.41, 5.74) is 1.62. The summed E-state index contributed by atoms with van der Waals surface area (Å²) in [4.78, 5) is 25.2. The quantitative estimate of drug-likeness (QED) is 0.854. The highest BCUT2D eigenvalue weighted by Gasteiger charge is 2.21. The number of ether oxygens (including phenoxy) is 1. The van der Waals surface area contributed by atoms with Gasteiger partial charge in [-0.05, 0) is 37.0 Å². The van der Waals surface area contributed by atoms with E-state index in [0.29, 0.717) is 29.3 Å². The third-order valence-electron chi connectivity index (χ3n) is 2.99. The second-order valence-corrected chi connectivity index (χ2v) is 4.73. The highest BCUT2D eigenvalue weighted by molar-refractivity contribution is 5.93. The normalized spacial score (nSPS) is 14.7. The van der Waals surface area contributed by atoms with Crippen LogP contribution in [0.15, 0.2) is 27.4 Å². The largest absolute Gasteiger partial charge is 0.417 e. The fourth-order valence-electron chi connectivity index (χ4n) is 1.83. The van der Waals surface area contributed by atoms with Gasteiger partial charge in [-0.3, -0.25) is 9.78 Å². The summed E-state index contributed by atoms with van der Waals surface area (Å²) in [6.07, 6.45) is 2.40. The van der Waals surface area contributed by atoms with Crippen molar-refractivity contribution in [3.05, 3.63) is 28.7 Å². The van der Waals surface area contributed by atoms with Crippen molar-refractivity contribution in [3.8, 4) is 0 Å². The molecular weight excluding hydrogens is 248 g/mol.